The zero-order valence-corrected chi connectivity index (χ0v) is 18.0. The van der Waals surface area contributed by atoms with Gasteiger partial charge in [0, 0.05) is 36.7 Å². The second-order valence-corrected chi connectivity index (χ2v) is 8.12. The van der Waals surface area contributed by atoms with Crippen LogP contribution >= 0.6 is 11.8 Å². The summed E-state index contributed by atoms with van der Waals surface area (Å²) in [5.41, 5.74) is 2.96. The van der Waals surface area contributed by atoms with Crippen LogP contribution in [0, 0.1) is 13.8 Å². The molecule has 4 rings (SSSR count). The molecule has 4 aromatic rings. The third kappa shape index (κ3) is 4.23. The maximum absolute atomic E-state index is 13.0. The minimum absolute atomic E-state index is 0.0605. The molecule has 0 bridgehead atoms. The van der Waals surface area contributed by atoms with Gasteiger partial charge in [0.05, 0.1) is 6.61 Å². The average molecular weight is 422 g/mol. The molecule has 0 spiro atoms. The van der Waals surface area contributed by atoms with Crippen molar-refractivity contribution in [2.45, 2.75) is 25.4 Å². The van der Waals surface area contributed by atoms with Crippen LogP contribution in [0.3, 0.4) is 0 Å². The maximum atomic E-state index is 13.0. The molecule has 3 heterocycles. The van der Waals surface area contributed by atoms with Crippen LogP contribution in [-0.2, 0) is 13.5 Å². The van der Waals surface area contributed by atoms with Crippen LogP contribution in [0.5, 0.6) is 5.75 Å². The molecule has 0 fully saturated rings. The summed E-state index contributed by atoms with van der Waals surface area (Å²) < 4.78 is 9.25. The van der Waals surface area contributed by atoms with E-state index in [-0.39, 0.29) is 5.56 Å². The van der Waals surface area contributed by atoms with Gasteiger partial charge in [-0.2, -0.15) is 0 Å². The van der Waals surface area contributed by atoms with Crippen molar-refractivity contribution in [1.82, 2.24) is 24.1 Å². The van der Waals surface area contributed by atoms with E-state index in [1.807, 2.05) is 74.1 Å². The van der Waals surface area contributed by atoms with Crippen molar-refractivity contribution < 1.29 is 4.74 Å². The Kier molecular flexibility index (Phi) is 5.85. The Balaban J connectivity index is 1.47. The summed E-state index contributed by atoms with van der Waals surface area (Å²) in [6.07, 6.45) is 2.21. The SMILES string of the molecule is Cc1ccc2nc(C)c(Cc3nnc(SCCOc4ccccc4)n3C)c(=O)n2c1. The van der Waals surface area contributed by atoms with Crippen molar-refractivity contribution in [3.8, 4) is 5.75 Å². The normalized spacial score (nSPS) is 11.2. The van der Waals surface area contributed by atoms with E-state index in [0.29, 0.717) is 24.2 Å². The number of fused-ring (bicyclic) bond motifs is 1. The van der Waals surface area contributed by atoms with E-state index in [9.17, 15) is 4.79 Å². The molecule has 154 valence electrons. The minimum Gasteiger partial charge on any atom is -0.493 e. The van der Waals surface area contributed by atoms with Gasteiger partial charge in [0.2, 0.25) is 0 Å². The molecule has 0 radical (unpaired) electrons. The molecule has 0 aliphatic rings. The highest BCUT2D eigenvalue weighted by atomic mass is 32.2. The fraction of sp³-hybridized carbons (Fsp3) is 0.273. The van der Waals surface area contributed by atoms with Gasteiger partial charge in [0.15, 0.2) is 5.16 Å². The highest BCUT2D eigenvalue weighted by molar-refractivity contribution is 7.99. The van der Waals surface area contributed by atoms with Gasteiger partial charge in [-0.3, -0.25) is 9.20 Å². The number of benzene rings is 1. The Morgan fingerprint density at radius 2 is 1.87 bits per heavy atom. The lowest BCUT2D eigenvalue weighted by molar-refractivity contribution is 0.344. The first-order chi connectivity index (χ1) is 14.5. The summed E-state index contributed by atoms with van der Waals surface area (Å²) in [6.45, 7) is 4.40. The quantitative estimate of drug-likeness (QED) is 0.337. The summed E-state index contributed by atoms with van der Waals surface area (Å²) in [6, 6.07) is 13.5. The molecule has 1 aromatic carbocycles. The lowest BCUT2D eigenvalue weighted by Crippen LogP contribution is -2.22. The monoisotopic (exact) mass is 421 g/mol. The summed E-state index contributed by atoms with van der Waals surface area (Å²) in [5, 5.41) is 9.38. The van der Waals surface area contributed by atoms with E-state index < -0.39 is 0 Å². The fourth-order valence-electron chi connectivity index (χ4n) is 3.19. The van der Waals surface area contributed by atoms with Crippen molar-refractivity contribution in [1.29, 1.82) is 0 Å². The first-order valence-electron chi connectivity index (χ1n) is 9.70. The fourth-order valence-corrected chi connectivity index (χ4v) is 3.93. The molecule has 8 heteroatoms. The number of nitrogens with zero attached hydrogens (tertiary/aromatic N) is 5. The zero-order chi connectivity index (χ0) is 21.1. The standard InChI is InChI=1S/C22H23N5O2S/c1-15-9-10-19-23-16(2)18(21(28)27(19)14-15)13-20-24-25-22(26(20)3)30-12-11-29-17-7-5-4-6-8-17/h4-10,14H,11-13H2,1-3H3. The molecule has 0 unspecified atom stereocenters. The van der Waals surface area contributed by atoms with E-state index in [0.717, 1.165) is 33.7 Å². The van der Waals surface area contributed by atoms with Gasteiger partial charge in [-0.05, 0) is 37.6 Å². The number of thioether (sulfide) groups is 1. The first kappa shape index (κ1) is 20.2. The van der Waals surface area contributed by atoms with Crippen molar-refractivity contribution in [2.24, 2.45) is 7.05 Å². The van der Waals surface area contributed by atoms with Crippen molar-refractivity contribution >= 4 is 17.4 Å². The van der Waals surface area contributed by atoms with Gasteiger partial charge in [-0.1, -0.05) is 36.0 Å². The molecule has 7 nitrogen and oxygen atoms in total. The van der Waals surface area contributed by atoms with Gasteiger partial charge in [0.1, 0.15) is 17.2 Å². The van der Waals surface area contributed by atoms with Crippen LogP contribution in [0.15, 0.2) is 58.6 Å². The van der Waals surface area contributed by atoms with Crippen LogP contribution in [0.4, 0.5) is 0 Å². The van der Waals surface area contributed by atoms with Crippen LogP contribution < -0.4 is 10.3 Å². The van der Waals surface area contributed by atoms with Crippen molar-refractivity contribution in [3.05, 3.63) is 81.7 Å². The number of pyridine rings is 1. The van der Waals surface area contributed by atoms with Crippen LogP contribution in [-0.4, -0.2) is 36.5 Å². The second-order valence-electron chi connectivity index (χ2n) is 7.06. The predicted molar refractivity (Wildman–Crippen MR) is 117 cm³/mol. The van der Waals surface area contributed by atoms with E-state index in [1.54, 1.807) is 16.2 Å². The van der Waals surface area contributed by atoms with Crippen LogP contribution in [0.25, 0.3) is 5.65 Å². The summed E-state index contributed by atoms with van der Waals surface area (Å²) in [5.74, 6) is 2.34. The third-order valence-corrected chi connectivity index (χ3v) is 5.84. The lowest BCUT2D eigenvalue weighted by Gasteiger charge is -2.09. The minimum atomic E-state index is -0.0605. The smallest absolute Gasteiger partial charge is 0.261 e. The third-order valence-electron chi connectivity index (χ3n) is 4.86. The largest absolute Gasteiger partial charge is 0.493 e. The molecule has 30 heavy (non-hydrogen) atoms. The molecule has 0 saturated carbocycles. The number of aryl methyl sites for hydroxylation is 2. The van der Waals surface area contributed by atoms with E-state index in [1.165, 1.54) is 0 Å². The summed E-state index contributed by atoms with van der Waals surface area (Å²) >= 11 is 1.58. The Bertz CT molecular complexity index is 1230. The van der Waals surface area contributed by atoms with Crippen LogP contribution in [0.2, 0.25) is 0 Å². The van der Waals surface area contributed by atoms with Gasteiger partial charge >= 0.3 is 0 Å². The lowest BCUT2D eigenvalue weighted by atomic mass is 10.1. The summed E-state index contributed by atoms with van der Waals surface area (Å²) in [4.78, 5) is 17.6. The van der Waals surface area contributed by atoms with Crippen molar-refractivity contribution in [2.75, 3.05) is 12.4 Å². The van der Waals surface area contributed by atoms with Crippen LogP contribution in [0.1, 0.15) is 22.6 Å². The average Bonchev–Trinajstić information content (AvgIpc) is 3.09. The molecule has 0 amide bonds. The number of para-hydroxylation sites is 1. The molecule has 0 N–H and O–H groups in total. The zero-order valence-electron chi connectivity index (χ0n) is 17.2. The van der Waals surface area contributed by atoms with Crippen molar-refractivity contribution in [3.63, 3.8) is 0 Å². The Hall–Kier alpha value is -3.13. The molecule has 0 saturated heterocycles. The Morgan fingerprint density at radius 1 is 1.07 bits per heavy atom. The molecule has 0 atom stereocenters. The highest BCUT2D eigenvalue weighted by Gasteiger charge is 2.16. The molecular weight excluding hydrogens is 398 g/mol. The molecule has 3 aromatic heterocycles. The van der Waals surface area contributed by atoms with Gasteiger partial charge in [0.25, 0.3) is 5.56 Å². The number of rotatable bonds is 7. The summed E-state index contributed by atoms with van der Waals surface area (Å²) in [7, 11) is 1.92. The topological polar surface area (TPSA) is 74.3 Å². The highest BCUT2D eigenvalue weighted by Crippen LogP contribution is 2.18. The first-order valence-corrected chi connectivity index (χ1v) is 10.7. The van der Waals surface area contributed by atoms with Gasteiger partial charge in [-0.15, -0.1) is 10.2 Å². The van der Waals surface area contributed by atoms with E-state index in [4.69, 9.17) is 4.74 Å². The number of hydrogen-bond acceptors (Lipinski definition) is 6. The van der Waals surface area contributed by atoms with Gasteiger partial charge < -0.3 is 9.30 Å². The Morgan fingerprint density at radius 3 is 2.67 bits per heavy atom. The molecular formula is C22H23N5O2S. The second kappa shape index (κ2) is 8.71. The maximum Gasteiger partial charge on any atom is 0.261 e. The molecule has 0 aliphatic heterocycles. The van der Waals surface area contributed by atoms with E-state index >= 15 is 0 Å². The van der Waals surface area contributed by atoms with Gasteiger partial charge in [-0.25, -0.2) is 4.98 Å². The molecule has 0 aliphatic carbocycles. The number of hydrogen-bond donors (Lipinski definition) is 0. The van der Waals surface area contributed by atoms with E-state index in [2.05, 4.69) is 15.2 Å². The predicted octanol–water partition coefficient (Wildman–Crippen LogP) is 3.20. The number of aromatic nitrogens is 5. The number of ether oxygens (including phenoxy) is 1. The Labute approximate surface area is 178 Å².